The van der Waals surface area contributed by atoms with Crippen LogP contribution in [0.5, 0.6) is 18.0 Å². The summed E-state index contributed by atoms with van der Waals surface area (Å²) in [5.74, 6) is 0. The van der Waals surface area contributed by atoms with Gasteiger partial charge in [0.15, 0.2) is 0 Å². The summed E-state index contributed by atoms with van der Waals surface area (Å²) in [6, 6.07) is 18.0. The summed E-state index contributed by atoms with van der Waals surface area (Å²) in [5.41, 5.74) is 1.80. The molecule has 0 fully saturated rings. The second-order valence-corrected chi connectivity index (χ2v) is 15.7. The van der Waals surface area contributed by atoms with E-state index in [1.54, 1.807) is 23.8 Å². The van der Waals surface area contributed by atoms with Gasteiger partial charge in [0, 0.05) is 30.8 Å². The fourth-order valence-electron chi connectivity index (χ4n) is 5.15. The first-order valence-corrected chi connectivity index (χ1v) is 20.9. The molecule has 290 valence electrons. The number of fused-ring (bicyclic) bond motifs is 3. The summed E-state index contributed by atoms with van der Waals surface area (Å²) in [5, 5.41) is 1.87. The Morgan fingerprint density at radius 3 is 1.49 bits per heavy atom. The van der Waals surface area contributed by atoms with E-state index in [9.17, 15) is 14.4 Å². The SMILES string of the molecule is C=CCOc1nc2ccc(I)cc2c(=O)n1CCC.C=CCn1c(OCCC)nc2ccc(I)cc2c1=O.CCCOc1nc2ccc(I)cc2c(=O)n1C. The van der Waals surface area contributed by atoms with Gasteiger partial charge in [-0.05, 0) is 142 Å². The van der Waals surface area contributed by atoms with Gasteiger partial charge in [0.05, 0.1) is 45.9 Å². The molecule has 0 aliphatic heterocycles. The van der Waals surface area contributed by atoms with Crippen LogP contribution in [0.3, 0.4) is 0 Å². The third-order valence-corrected chi connectivity index (χ3v) is 9.73. The van der Waals surface area contributed by atoms with Crippen LogP contribution in [0.25, 0.3) is 32.7 Å². The Morgan fingerprint density at radius 2 is 1.04 bits per heavy atom. The van der Waals surface area contributed by atoms with Crippen LogP contribution in [0.15, 0.2) is 94.3 Å². The minimum Gasteiger partial charge on any atom is -0.465 e. The average molecular weight is 1080 g/mol. The molecule has 3 heterocycles. The Bertz CT molecular complexity index is 2480. The molecule has 6 aromatic rings. The molecule has 15 heteroatoms. The molecule has 3 aromatic heterocycles. The predicted octanol–water partition coefficient (Wildman–Crippen LogP) is 8.28. The quantitative estimate of drug-likeness (QED) is 0.0829. The maximum atomic E-state index is 12.5. The standard InChI is InChI=1S/2C14H15IN2O2.C12H13IN2O2/c2*1-3-7-17-13(18)11-9-10(15)5-6-12(11)16-14(17)19-8-4-2;1-3-6-17-12-14-10-5-4-8(13)7-9(10)11(16)15(12)2/h4-6,9H,2-3,7-8H2,1H3;3,5-6,9H,1,4,7-8H2,2H3;4-5,7H,3,6H2,1-2H3. The summed E-state index contributed by atoms with van der Waals surface area (Å²) >= 11 is 6.55. The number of nitrogens with zero attached hydrogens (tertiary/aromatic N) is 6. The number of hydrogen-bond acceptors (Lipinski definition) is 9. The topological polar surface area (TPSA) is 132 Å². The van der Waals surface area contributed by atoms with E-state index in [1.807, 2.05) is 75.4 Å². The van der Waals surface area contributed by atoms with Crippen molar-refractivity contribution >= 4 is 100 Å². The minimum absolute atomic E-state index is 0.0515. The molecule has 0 atom stereocenters. The summed E-state index contributed by atoms with van der Waals surface area (Å²) in [7, 11) is 1.68. The molecule has 0 amide bonds. The van der Waals surface area contributed by atoms with E-state index in [4.69, 9.17) is 14.2 Å². The first-order valence-electron chi connectivity index (χ1n) is 17.6. The summed E-state index contributed by atoms with van der Waals surface area (Å²) < 4.78 is 24.1. The Balaban J connectivity index is 0.000000184. The van der Waals surface area contributed by atoms with Gasteiger partial charge in [-0.15, -0.1) is 6.58 Å². The van der Waals surface area contributed by atoms with Crippen LogP contribution < -0.4 is 30.9 Å². The third-order valence-electron chi connectivity index (χ3n) is 7.72. The molecule has 0 bridgehead atoms. The maximum Gasteiger partial charge on any atom is 0.300 e. The maximum absolute atomic E-state index is 12.5. The van der Waals surface area contributed by atoms with Crippen LogP contribution in [-0.4, -0.2) is 48.5 Å². The molecular weight excluding hydrogens is 1040 g/mol. The van der Waals surface area contributed by atoms with Crippen molar-refractivity contribution in [3.8, 4) is 18.0 Å². The smallest absolute Gasteiger partial charge is 0.300 e. The Kier molecular flexibility index (Phi) is 17.1. The highest BCUT2D eigenvalue weighted by Gasteiger charge is 2.13. The molecule has 0 saturated heterocycles. The molecular formula is C40H43I3N6O6. The van der Waals surface area contributed by atoms with Crippen LogP contribution in [0.4, 0.5) is 0 Å². The second kappa shape index (κ2) is 21.5. The number of allylic oxidation sites excluding steroid dienone is 1. The molecule has 0 N–H and O–H groups in total. The first-order chi connectivity index (χ1) is 26.5. The van der Waals surface area contributed by atoms with Crippen LogP contribution >= 0.6 is 67.8 Å². The summed E-state index contributed by atoms with van der Waals surface area (Å²) in [6.45, 7) is 15.8. The van der Waals surface area contributed by atoms with Crippen LogP contribution in [0.1, 0.15) is 40.0 Å². The molecule has 0 saturated carbocycles. The molecule has 0 aliphatic carbocycles. The molecule has 0 unspecified atom stereocenters. The largest absolute Gasteiger partial charge is 0.465 e. The predicted molar refractivity (Wildman–Crippen MR) is 245 cm³/mol. The monoisotopic (exact) mass is 1080 g/mol. The van der Waals surface area contributed by atoms with Crippen LogP contribution in [-0.2, 0) is 20.1 Å². The average Bonchev–Trinajstić information content (AvgIpc) is 3.18. The summed E-state index contributed by atoms with van der Waals surface area (Å²) in [4.78, 5) is 50.2. The molecule has 12 nitrogen and oxygen atoms in total. The first kappa shape index (κ1) is 43.9. The van der Waals surface area contributed by atoms with E-state index in [0.717, 1.165) is 30.0 Å². The van der Waals surface area contributed by atoms with Gasteiger partial charge in [0.1, 0.15) is 6.61 Å². The van der Waals surface area contributed by atoms with E-state index in [-0.39, 0.29) is 16.7 Å². The van der Waals surface area contributed by atoms with Crippen molar-refractivity contribution in [1.82, 2.24) is 28.7 Å². The lowest BCUT2D eigenvalue weighted by molar-refractivity contribution is 0.276. The highest BCUT2D eigenvalue weighted by molar-refractivity contribution is 14.1. The number of benzene rings is 3. The van der Waals surface area contributed by atoms with E-state index in [0.29, 0.717) is 83.7 Å². The van der Waals surface area contributed by atoms with Crippen molar-refractivity contribution in [2.75, 3.05) is 19.8 Å². The fourth-order valence-corrected chi connectivity index (χ4v) is 6.62. The Morgan fingerprint density at radius 1 is 0.600 bits per heavy atom. The summed E-state index contributed by atoms with van der Waals surface area (Å²) in [6.07, 6.45) is 5.92. The van der Waals surface area contributed by atoms with Crippen LogP contribution in [0.2, 0.25) is 0 Å². The van der Waals surface area contributed by atoms with Gasteiger partial charge in [-0.1, -0.05) is 39.5 Å². The van der Waals surface area contributed by atoms with Crippen molar-refractivity contribution in [3.63, 3.8) is 0 Å². The molecule has 0 radical (unpaired) electrons. The van der Waals surface area contributed by atoms with Gasteiger partial charge in [0.25, 0.3) is 34.7 Å². The van der Waals surface area contributed by atoms with Crippen molar-refractivity contribution < 1.29 is 14.2 Å². The van der Waals surface area contributed by atoms with E-state index >= 15 is 0 Å². The third kappa shape index (κ3) is 11.4. The second-order valence-electron chi connectivity index (χ2n) is 12.0. The van der Waals surface area contributed by atoms with Gasteiger partial charge < -0.3 is 14.2 Å². The van der Waals surface area contributed by atoms with Crippen molar-refractivity contribution in [1.29, 1.82) is 0 Å². The van der Waals surface area contributed by atoms with E-state index in [1.165, 1.54) is 9.13 Å². The van der Waals surface area contributed by atoms with Gasteiger partial charge in [-0.2, -0.15) is 15.0 Å². The van der Waals surface area contributed by atoms with Crippen molar-refractivity contribution in [2.24, 2.45) is 7.05 Å². The van der Waals surface area contributed by atoms with Crippen LogP contribution in [0, 0.1) is 10.7 Å². The highest BCUT2D eigenvalue weighted by Crippen LogP contribution is 2.19. The molecule has 0 aliphatic rings. The van der Waals surface area contributed by atoms with Gasteiger partial charge in [-0.3, -0.25) is 28.1 Å². The zero-order chi connectivity index (χ0) is 40.1. The number of rotatable bonds is 13. The Hall–Kier alpha value is -3.85. The van der Waals surface area contributed by atoms with Gasteiger partial charge in [0.2, 0.25) is 0 Å². The lowest BCUT2D eigenvalue weighted by Gasteiger charge is -2.12. The number of hydrogen-bond donors (Lipinski definition) is 0. The molecule has 55 heavy (non-hydrogen) atoms. The van der Waals surface area contributed by atoms with Gasteiger partial charge in [-0.25, -0.2) is 0 Å². The Labute approximate surface area is 360 Å². The number of ether oxygens (including phenoxy) is 3. The number of aromatic nitrogens is 6. The zero-order valence-corrected chi connectivity index (χ0v) is 37.7. The lowest BCUT2D eigenvalue weighted by atomic mass is 10.2. The van der Waals surface area contributed by atoms with E-state index in [2.05, 4.69) is 95.9 Å². The zero-order valence-electron chi connectivity index (χ0n) is 31.2. The normalized spacial score (nSPS) is 10.7. The lowest BCUT2D eigenvalue weighted by Crippen LogP contribution is -2.23. The minimum atomic E-state index is -0.0884. The molecule has 0 spiro atoms. The van der Waals surface area contributed by atoms with Crippen molar-refractivity contribution in [3.05, 3.63) is 122 Å². The number of halogens is 3. The van der Waals surface area contributed by atoms with E-state index < -0.39 is 0 Å². The van der Waals surface area contributed by atoms with Gasteiger partial charge >= 0.3 is 0 Å². The molecule has 6 rings (SSSR count). The van der Waals surface area contributed by atoms with Crippen molar-refractivity contribution in [2.45, 2.75) is 53.1 Å². The fraction of sp³-hybridized carbons (Fsp3) is 0.300. The molecule has 3 aromatic carbocycles. The highest BCUT2D eigenvalue weighted by atomic mass is 127.